The Labute approximate surface area is 113 Å². The molecule has 5 heteroatoms. The highest BCUT2D eigenvalue weighted by Gasteiger charge is 2.58. The fourth-order valence-corrected chi connectivity index (χ4v) is 3.50. The van der Waals surface area contributed by atoms with Gasteiger partial charge in [0, 0.05) is 20.0 Å². The lowest BCUT2D eigenvalue weighted by Crippen LogP contribution is -2.54. The predicted octanol–water partition coefficient (Wildman–Crippen LogP) is 1.43. The summed E-state index contributed by atoms with van der Waals surface area (Å²) in [5.74, 6) is 0.225. The smallest absolute Gasteiger partial charge is 0.183 e. The van der Waals surface area contributed by atoms with Crippen molar-refractivity contribution in [3.05, 3.63) is 0 Å². The Kier molecular flexibility index (Phi) is 3.64. The molecule has 5 atom stereocenters. The SMILES string of the molecule is CO[C@@H]1OCC23C[C@H]1O[C@H]2CCC(CCC(C)=O)O3. The average Bonchev–Trinajstić information content (AvgIpc) is 2.69. The van der Waals surface area contributed by atoms with E-state index in [0.29, 0.717) is 13.0 Å². The minimum absolute atomic E-state index is 0.0182. The molecular weight excluding hydrogens is 248 g/mol. The van der Waals surface area contributed by atoms with Gasteiger partial charge in [-0.25, -0.2) is 0 Å². The van der Waals surface area contributed by atoms with Crippen LogP contribution in [0.2, 0.25) is 0 Å². The highest BCUT2D eigenvalue weighted by atomic mass is 16.7. The van der Waals surface area contributed by atoms with Gasteiger partial charge in [-0.15, -0.1) is 0 Å². The van der Waals surface area contributed by atoms with Crippen LogP contribution in [0.25, 0.3) is 0 Å². The Balaban J connectivity index is 1.64. The van der Waals surface area contributed by atoms with Crippen molar-refractivity contribution < 1.29 is 23.7 Å². The molecule has 108 valence electrons. The third kappa shape index (κ3) is 2.44. The molecule has 3 rings (SSSR count). The van der Waals surface area contributed by atoms with E-state index in [0.717, 1.165) is 25.7 Å². The van der Waals surface area contributed by atoms with Crippen molar-refractivity contribution in [3.63, 3.8) is 0 Å². The van der Waals surface area contributed by atoms with Gasteiger partial charge in [0.05, 0.1) is 18.8 Å². The molecule has 19 heavy (non-hydrogen) atoms. The number of hydrogen-bond acceptors (Lipinski definition) is 5. The topological polar surface area (TPSA) is 54.0 Å². The van der Waals surface area contributed by atoms with E-state index in [1.807, 2.05) is 0 Å². The number of ether oxygens (including phenoxy) is 4. The number of carbonyl (C=O) groups excluding carboxylic acids is 1. The summed E-state index contributed by atoms with van der Waals surface area (Å²) in [6.07, 6.45) is 4.18. The highest BCUT2D eigenvalue weighted by molar-refractivity contribution is 5.75. The van der Waals surface area contributed by atoms with Gasteiger partial charge in [-0.1, -0.05) is 0 Å². The fourth-order valence-electron chi connectivity index (χ4n) is 3.50. The third-order valence-electron chi connectivity index (χ3n) is 4.47. The van der Waals surface area contributed by atoms with Crippen LogP contribution in [0.15, 0.2) is 0 Å². The van der Waals surface area contributed by atoms with Gasteiger partial charge in [0.2, 0.25) is 0 Å². The van der Waals surface area contributed by atoms with E-state index in [2.05, 4.69) is 0 Å². The molecule has 3 saturated heterocycles. The Hall–Kier alpha value is -0.490. The second kappa shape index (κ2) is 5.13. The highest BCUT2D eigenvalue weighted by Crippen LogP contribution is 2.46. The lowest BCUT2D eigenvalue weighted by Gasteiger charge is -2.43. The molecule has 0 aromatic carbocycles. The van der Waals surface area contributed by atoms with Crippen LogP contribution in [0.5, 0.6) is 0 Å². The van der Waals surface area contributed by atoms with Gasteiger partial charge in [0.25, 0.3) is 0 Å². The van der Waals surface area contributed by atoms with Gasteiger partial charge in [-0.05, 0) is 26.2 Å². The monoisotopic (exact) mass is 270 g/mol. The molecule has 0 amide bonds. The van der Waals surface area contributed by atoms with Gasteiger partial charge >= 0.3 is 0 Å². The first kappa shape index (κ1) is 13.5. The maximum atomic E-state index is 11.1. The molecule has 0 N–H and O–H groups in total. The van der Waals surface area contributed by atoms with E-state index in [1.165, 1.54) is 0 Å². The molecule has 3 fully saturated rings. The molecule has 0 radical (unpaired) electrons. The summed E-state index contributed by atoms with van der Waals surface area (Å²) in [4.78, 5) is 11.1. The Morgan fingerprint density at radius 2 is 2.26 bits per heavy atom. The summed E-state index contributed by atoms with van der Waals surface area (Å²) >= 11 is 0. The number of carbonyl (C=O) groups is 1. The van der Waals surface area contributed by atoms with Crippen LogP contribution in [0, 0.1) is 0 Å². The molecule has 3 aliphatic heterocycles. The molecule has 2 bridgehead atoms. The van der Waals surface area contributed by atoms with Crippen molar-refractivity contribution in [1.29, 1.82) is 0 Å². The predicted molar refractivity (Wildman–Crippen MR) is 66.8 cm³/mol. The van der Waals surface area contributed by atoms with Crippen LogP contribution in [0.4, 0.5) is 0 Å². The van der Waals surface area contributed by atoms with E-state index in [9.17, 15) is 4.79 Å². The van der Waals surface area contributed by atoms with Crippen molar-refractivity contribution >= 4 is 5.78 Å². The van der Waals surface area contributed by atoms with Crippen LogP contribution >= 0.6 is 0 Å². The maximum Gasteiger partial charge on any atom is 0.183 e. The number of hydrogen-bond donors (Lipinski definition) is 0. The second-order valence-corrected chi connectivity index (χ2v) is 5.91. The minimum atomic E-state index is -0.306. The number of ketones is 1. The van der Waals surface area contributed by atoms with E-state index in [1.54, 1.807) is 14.0 Å². The van der Waals surface area contributed by atoms with Crippen molar-refractivity contribution in [1.82, 2.24) is 0 Å². The quantitative estimate of drug-likeness (QED) is 0.773. The summed E-state index contributed by atoms with van der Waals surface area (Å²) in [5.41, 5.74) is -0.306. The fraction of sp³-hybridized carbons (Fsp3) is 0.929. The van der Waals surface area contributed by atoms with Crippen molar-refractivity contribution in [2.45, 2.75) is 69.2 Å². The summed E-state index contributed by atoms with van der Waals surface area (Å²) in [5, 5.41) is 0. The summed E-state index contributed by atoms with van der Waals surface area (Å²) < 4.78 is 23.3. The third-order valence-corrected chi connectivity index (χ3v) is 4.47. The van der Waals surface area contributed by atoms with Gasteiger partial charge < -0.3 is 23.7 Å². The number of Topliss-reactive ketones (excluding diaryl/α,β-unsaturated/α-hetero) is 1. The molecule has 0 aromatic heterocycles. The summed E-state index contributed by atoms with van der Waals surface area (Å²) in [6, 6.07) is 0. The van der Waals surface area contributed by atoms with Crippen LogP contribution in [-0.4, -0.2) is 49.7 Å². The number of rotatable bonds is 4. The molecular formula is C14H22O5. The van der Waals surface area contributed by atoms with Crippen LogP contribution < -0.4 is 0 Å². The van der Waals surface area contributed by atoms with E-state index >= 15 is 0 Å². The molecule has 0 aromatic rings. The molecule has 1 spiro atoms. The lowest BCUT2D eigenvalue weighted by atomic mass is 9.85. The van der Waals surface area contributed by atoms with Crippen molar-refractivity contribution in [2.24, 2.45) is 0 Å². The first-order valence-corrected chi connectivity index (χ1v) is 7.10. The molecule has 5 nitrogen and oxygen atoms in total. The first-order valence-electron chi connectivity index (χ1n) is 7.10. The standard InChI is InChI=1S/C14H22O5/c1-9(15)3-4-10-5-6-12-14(19-10)7-11(18-12)13(16-2)17-8-14/h10-13H,3-8H2,1-2H3/t10?,11-,12+,13-,14?/m1/s1. The van der Waals surface area contributed by atoms with Gasteiger partial charge in [-0.2, -0.15) is 0 Å². The van der Waals surface area contributed by atoms with E-state index in [4.69, 9.17) is 18.9 Å². The first-order chi connectivity index (χ1) is 9.13. The zero-order valence-electron chi connectivity index (χ0n) is 11.6. The molecule has 3 aliphatic rings. The molecule has 0 aliphatic carbocycles. The van der Waals surface area contributed by atoms with Gasteiger partial charge in [-0.3, -0.25) is 0 Å². The Bertz CT molecular complexity index is 358. The number of methoxy groups -OCH3 is 1. The molecule has 0 saturated carbocycles. The van der Waals surface area contributed by atoms with Crippen LogP contribution in [0.1, 0.15) is 39.0 Å². The van der Waals surface area contributed by atoms with Crippen LogP contribution in [0.3, 0.4) is 0 Å². The summed E-state index contributed by atoms with van der Waals surface area (Å²) in [7, 11) is 1.64. The van der Waals surface area contributed by atoms with Crippen molar-refractivity contribution in [3.8, 4) is 0 Å². The normalized spacial score (nSPS) is 44.9. The van der Waals surface area contributed by atoms with Crippen molar-refractivity contribution in [2.75, 3.05) is 13.7 Å². The summed E-state index contributed by atoms with van der Waals surface area (Å²) in [6.45, 7) is 2.16. The number of fused-ring (bicyclic) bond motifs is 1. The van der Waals surface area contributed by atoms with Crippen LogP contribution in [-0.2, 0) is 23.7 Å². The zero-order valence-corrected chi connectivity index (χ0v) is 11.6. The Morgan fingerprint density at radius 1 is 1.42 bits per heavy atom. The maximum absolute atomic E-state index is 11.1. The van der Waals surface area contributed by atoms with Gasteiger partial charge in [0.1, 0.15) is 17.5 Å². The van der Waals surface area contributed by atoms with E-state index < -0.39 is 0 Å². The average molecular weight is 270 g/mol. The lowest BCUT2D eigenvalue weighted by molar-refractivity contribution is -0.231. The largest absolute Gasteiger partial charge is 0.367 e. The zero-order chi connectivity index (χ0) is 13.5. The molecule has 3 heterocycles. The van der Waals surface area contributed by atoms with E-state index in [-0.39, 0.29) is 36.0 Å². The second-order valence-electron chi connectivity index (χ2n) is 5.91. The van der Waals surface area contributed by atoms with Gasteiger partial charge in [0.15, 0.2) is 6.29 Å². The minimum Gasteiger partial charge on any atom is -0.367 e. The molecule has 2 unspecified atom stereocenters. The Morgan fingerprint density at radius 3 is 3.00 bits per heavy atom.